The van der Waals surface area contributed by atoms with Gasteiger partial charge in [-0.1, -0.05) is 13.8 Å². The van der Waals surface area contributed by atoms with Gasteiger partial charge in [0, 0.05) is 0 Å². The SMILES string of the molecule is CC(=O)C(C(C)C)N(C)S(C)(C)S. The second-order valence-corrected chi connectivity index (χ2v) is 9.76. The number of rotatable bonds is 4. The zero-order chi connectivity index (χ0) is 10.8. The molecule has 0 aromatic heterocycles. The molecule has 13 heavy (non-hydrogen) atoms. The first kappa shape index (κ1) is 13.3. The summed E-state index contributed by atoms with van der Waals surface area (Å²) in [6.45, 7) is 5.79. The van der Waals surface area contributed by atoms with E-state index < -0.39 is 9.25 Å². The fraction of sp³-hybridized carbons (Fsp3) is 0.889. The number of hydrogen-bond donors (Lipinski definition) is 1. The van der Waals surface area contributed by atoms with Crippen LogP contribution in [0.2, 0.25) is 0 Å². The van der Waals surface area contributed by atoms with E-state index in [0.29, 0.717) is 5.92 Å². The van der Waals surface area contributed by atoms with E-state index in [1.54, 1.807) is 6.92 Å². The average molecular weight is 223 g/mol. The summed E-state index contributed by atoms with van der Waals surface area (Å²) in [5, 5.41) is 0. The van der Waals surface area contributed by atoms with Gasteiger partial charge in [0.2, 0.25) is 0 Å². The third kappa shape index (κ3) is 3.92. The number of nitrogens with zero attached hydrogens (tertiary/aromatic N) is 1. The standard InChI is InChI=1S/C9H21NOS2/c1-7(2)9(8(3)11)10(4)13(5,6)12/h7,9,12H,1-6H3. The molecule has 0 aliphatic heterocycles. The number of ketones is 1. The van der Waals surface area contributed by atoms with Gasteiger partial charge in [0.15, 0.2) is 0 Å². The molecule has 0 aromatic carbocycles. The first-order valence-electron chi connectivity index (χ1n) is 4.37. The summed E-state index contributed by atoms with van der Waals surface area (Å²) in [6, 6.07) is 0.00231. The summed E-state index contributed by atoms with van der Waals surface area (Å²) < 4.78 is 2.10. The van der Waals surface area contributed by atoms with Gasteiger partial charge in [0.05, 0.1) is 6.04 Å². The van der Waals surface area contributed by atoms with E-state index in [1.165, 1.54) is 0 Å². The van der Waals surface area contributed by atoms with Crippen LogP contribution < -0.4 is 0 Å². The maximum Gasteiger partial charge on any atom is 0.148 e. The minimum Gasteiger partial charge on any atom is -0.298 e. The molecular formula is C9H21NOS2. The van der Waals surface area contributed by atoms with Crippen molar-refractivity contribution < 1.29 is 4.79 Å². The van der Waals surface area contributed by atoms with E-state index >= 15 is 0 Å². The molecule has 0 aliphatic carbocycles. The maximum absolute atomic E-state index is 11.4. The van der Waals surface area contributed by atoms with E-state index in [9.17, 15) is 4.79 Å². The molecule has 0 fully saturated rings. The fourth-order valence-electron chi connectivity index (χ4n) is 1.42. The van der Waals surface area contributed by atoms with Gasteiger partial charge in [-0.15, -0.1) is 20.9 Å². The molecule has 0 N–H and O–H groups in total. The van der Waals surface area contributed by atoms with Crippen LogP contribution in [0, 0.1) is 5.92 Å². The number of thiol groups is 1. The Morgan fingerprint density at radius 3 is 1.85 bits per heavy atom. The van der Waals surface area contributed by atoms with Gasteiger partial charge in [0.1, 0.15) is 5.78 Å². The number of carbonyl (C=O) groups is 1. The average Bonchev–Trinajstić information content (AvgIpc) is 1.82. The van der Waals surface area contributed by atoms with Crippen molar-refractivity contribution in [1.29, 1.82) is 0 Å². The molecule has 0 bridgehead atoms. The summed E-state index contributed by atoms with van der Waals surface area (Å²) in [5.41, 5.74) is 0. The van der Waals surface area contributed by atoms with Gasteiger partial charge in [0.25, 0.3) is 0 Å². The molecule has 0 amide bonds. The van der Waals surface area contributed by atoms with Crippen LogP contribution in [0.15, 0.2) is 0 Å². The van der Waals surface area contributed by atoms with Gasteiger partial charge in [-0.05, 0) is 32.4 Å². The highest BCUT2D eigenvalue weighted by atomic mass is 33.1. The topological polar surface area (TPSA) is 20.3 Å². The van der Waals surface area contributed by atoms with Crippen LogP contribution in [0.4, 0.5) is 0 Å². The van der Waals surface area contributed by atoms with Crippen LogP contribution in [0.5, 0.6) is 0 Å². The van der Waals surface area contributed by atoms with E-state index in [4.69, 9.17) is 0 Å². The fourth-order valence-corrected chi connectivity index (χ4v) is 2.68. The van der Waals surface area contributed by atoms with Crippen molar-refractivity contribution in [3.63, 3.8) is 0 Å². The molecule has 0 aliphatic rings. The van der Waals surface area contributed by atoms with Crippen LogP contribution in [-0.4, -0.2) is 35.7 Å². The molecule has 4 heteroatoms. The Bertz CT molecular complexity index is 187. The molecule has 0 spiro atoms. The van der Waals surface area contributed by atoms with Crippen molar-refractivity contribution in [2.24, 2.45) is 5.92 Å². The number of carbonyl (C=O) groups excluding carboxylic acids is 1. The highest BCUT2D eigenvalue weighted by molar-refractivity contribution is 8.86. The van der Waals surface area contributed by atoms with Crippen molar-refractivity contribution in [2.45, 2.75) is 26.8 Å². The Kier molecular flexibility index (Phi) is 4.83. The third-order valence-corrected chi connectivity index (χ3v) is 4.55. The van der Waals surface area contributed by atoms with Crippen molar-refractivity contribution in [3.8, 4) is 0 Å². The molecule has 1 atom stereocenters. The summed E-state index contributed by atoms with van der Waals surface area (Å²) in [6.07, 6.45) is 4.16. The van der Waals surface area contributed by atoms with Gasteiger partial charge in [-0.2, -0.15) is 0 Å². The van der Waals surface area contributed by atoms with E-state index in [0.717, 1.165) is 0 Å². The Balaban J connectivity index is 4.67. The number of hydrogen-bond acceptors (Lipinski definition) is 3. The monoisotopic (exact) mass is 223 g/mol. The maximum atomic E-state index is 11.4. The zero-order valence-electron chi connectivity index (χ0n) is 9.37. The van der Waals surface area contributed by atoms with Crippen LogP contribution in [0.1, 0.15) is 20.8 Å². The van der Waals surface area contributed by atoms with Crippen molar-refractivity contribution in [1.82, 2.24) is 4.31 Å². The summed E-state index contributed by atoms with van der Waals surface area (Å²) >= 11 is 4.54. The van der Waals surface area contributed by atoms with Crippen molar-refractivity contribution in [3.05, 3.63) is 0 Å². The largest absolute Gasteiger partial charge is 0.298 e. The predicted octanol–water partition coefficient (Wildman–Crippen LogP) is 2.36. The second kappa shape index (κ2) is 4.71. The molecular weight excluding hydrogens is 202 g/mol. The summed E-state index contributed by atoms with van der Waals surface area (Å²) in [5.74, 6) is 0.577. The Hall–Kier alpha value is 0.330. The third-order valence-electron chi connectivity index (χ3n) is 2.14. The molecule has 0 radical (unpaired) electrons. The second-order valence-electron chi connectivity index (χ2n) is 4.07. The molecule has 0 saturated heterocycles. The number of likely N-dealkylation sites (N-methyl/N-ethyl adjacent to an activating group) is 1. The molecule has 0 aromatic rings. The molecule has 0 rings (SSSR count). The van der Waals surface area contributed by atoms with Gasteiger partial charge >= 0.3 is 0 Å². The van der Waals surface area contributed by atoms with E-state index in [2.05, 4.69) is 42.3 Å². The Morgan fingerprint density at radius 2 is 1.77 bits per heavy atom. The first-order valence-corrected chi connectivity index (χ1v) is 7.83. The highest BCUT2D eigenvalue weighted by Gasteiger charge is 2.28. The van der Waals surface area contributed by atoms with E-state index in [1.807, 2.05) is 7.05 Å². The Labute approximate surface area is 88.3 Å². The predicted molar refractivity (Wildman–Crippen MR) is 65.5 cm³/mol. The van der Waals surface area contributed by atoms with Crippen LogP contribution in [0.25, 0.3) is 0 Å². The molecule has 1 unspecified atom stereocenters. The Morgan fingerprint density at radius 1 is 1.38 bits per heavy atom. The minimum absolute atomic E-state index is 0.00231. The highest BCUT2D eigenvalue weighted by Crippen LogP contribution is 2.49. The van der Waals surface area contributed by atoms with Crippen molar-refractivity contribution in [2.75, 3.05) is 19.6 Å². The zero-order valence-corrected chi connectivity index (χ0v) is 11.1. The normalized spacial score (nSPS) is 16.4. The lowest BCUT2D eigenvalue weighted by Crippen LogP contribution is -2.40. The molecule has 0 heterocycles. The lowest BCUT2D eigenvalue weighted by atomic mass is 10.0. The quantitative estimate of drug-likeness (QED) is 0.583. The molecule has 0 saturated carbocycles. The minimum atomic E-state index is -1.09. The van der Waals surface area contributed by atoms with Gasteiger partial charge < -0.3 is 0 Å². The van der Waals surface area contributed by atoms with Crippen LogP contribution >= 0.6 is 20.9 Å². The van der Waals surface area contributed by atoms with E-state index in [-0.39, 0.29) is 11.8 Å². The first-order chi connectivity index (χ1) is 5.68. The van der Waals surface area contributed by atoms with Crippen LogP contribution in [0.3, 0.4) is 0 Å². The summed E-state index contributed by atoms with van der Waals surface area (Å²) in [4.78, 5) is 11.4. The van der Waals surface area contributed by atoms with Gasteiger partial charge in [-0.3, -0.25) is 9.10 Å². The number of Topliss-reactive ketones (excluding diaryl/α,β-unsaturated/α-hetero) is 1. The summed E-state index contributed by atoms with van der Waals surface area (Å²) in [7, 11) is 0.895. The molecule has 2 nitrogen and oxygen atoms in total. The lowest BCUT2D eigenvalue weighted by molar-refractivity contribution is -0.121. The van der Waals surface area contributed by atoms with Crippen molar-refractivity contribution >= 4 is 26.7 Å². The smallest absolute Gasteiger partial charge is 0.148 e. The van der Waals surface area contributed by atoms with Crippen LogP contribution in [-0.2, 0) is 4.79 Å². The lowest BCUT2D eigenvalue weighted by Gasteiger charge is -2.42. The molecule has 80 valence electrons. The van der Waals surface area contributed by atoms with Gasteiger partial charge in [-0.25, -0.2) is 0 Å².